The standard InChI is InChI=1S/C15H20OSi/c1-4-12-17(2,3)13-8-11-16-14-15-9-6-5-7-10-15/h4-7,9-10H,1,11-12,14H2,2-3H3. The first kappa shape index (κ1) is 13.8. The molecule has 0 saturated heterocycles. The molecule has 0 aliphatic heterocycles. The van der Waals surface area contributed by atoms with Crippen molar-refractivity contribution < 1.29 is 4.74 Å². The SMILES string of the molecule is C=CC[Si](C)(C)C#CCOCc1ccccc1. The maximum absolute atomic E-state index is 5.52. The van der Waals surface area contributed by atoms with E-state index in [-0.39, 0.29) is 0 Å². The Morgan fingerprint density at radius 1 is 1.29 bits per heavy atom. The van der Waals surface area contributed by atoms with Gasteiger partial charge in [0.05, 0.1) is 6.61 Å². The quantitative estimate of drug-likeness (QED) is 0.332. The third kappa shape index (κ3) is 6.11. The van der Waals surface area contributed by atoms with E-state index in [4.69, 9.17) is 4.74 Å². The first-order chi connectivity index (χ1) is 8.14. The van der Waals surface area contributed by atoms with Crippen LogP contribution in [0.15, 0.2) is 43.0 Å². The Bertz CT molecular complexity index is 398. The molecule has 17 heavy (non-hydrogen) atoms. The highest BCUT2D eigenvalue weighted by Crippen LogP contribution is 2.07. The van der Waals surface area contributed by atoms with E-state index in [1.165, 1.54) is 5.56 Å². The average molecular weight is 244 g/mol. The van der Waals surface area contributed by atoms with Crippen molar-refractivity contribution >= 4 is 8.07 Å². The van der Waals surface area contributed by atoms with E-state index in [0.717, 1.165) is 6.04 Å². The van der Waals surface area contributed by atoms with Gasteiger partial charge in [-0.15, -0.1) is 12.1 Å². The maximum atomic E-state index is 5.52. The Hall–Kier alpha value is -1.30. The molecule has 0 amide bonds. The highest BCUT2D eigenvalue weighted by Gasteiger charge is 2.14. The highest BCUT2D eigenvalue weighted by atomic mass is 28.3. The van der Waals surface area contributed by atoms with E-state index in [1.807, 2.05) is 24.3 Å². The number of allylic oxidation sites excluding steroid dienone is 1. The summed E-state index contributed by atoms with van der Waals surface area (Å²) in [5.74, 6) is 3.12. The van der Waals surface area contributed by atoms with Crippen molar-refractivity contribution in [3.05, 3.63) is 48.6 Å². The summed E-state index contributed by atoms with van der Waals surface area (Å²) in [4.78, 5) is 0. The van der Waals surface area contributed by atoms with Gasteiger partial charge in [0.15, 0.2) is 0 Å². The molecule has 1 aromatic rings. The summed E-state index contributed by atoms with van der Waals surface area (Å²) in [5.41, 5.74) is 4.53. The molecule has 1 aromatic carbocycles. The molecule has 0 heterocycles. The third-order valence-corrected chi connectivity index (χ3v) is 4.53. The van der Waals surface area contributed by atoms with E-state index < -0.39 is 8.07 Å². The molecule has 0 unspecified atom stereocenters. The van der Waals surface area contributed by atoms with Crippen LogP contribution < -0.4 is 0 Å². The summed E-state index contributed by atoms with van der Waals surface area (Å²) in [6, 6.07) is 11.2. The summed E-state index contributed by atoms with van der Waals surface area (Å²) < 4.78 is 5.52. The molecule has 1 rings (SSSR count). The molecule has 0 fully saturated rings. The third-order valence-electron chi connectivity index (χ3n) is 2.37. The number of benzene rings is 1. The molecule has 90 valence electrons. The fourth-order valence-corrected chi connectivity index (χ4v) is 2.86. The lowest BCUT2D eigenvalue weighted by Gasteiger charge is -2.10. The Kier molecular flexibility index (Phi) is 5.75. The van der Waals surface area contributed by atoms with Gasteiger partial charge in [0.25, 0.3) is 0 Å². The zero-order chi connectivity index (χ0) is 12.6. The number of ether oxygens (including phenoxy) is 1. The van der Waals surface area contributed by atoms with Crippen molar-refractivity contribution in [1.82, 2.24) is 0 Å². The van der Waals surface area contributed by atoms with Gasteiger partial charge in [-0.05, 0) is 11.6 Å². The number of hydrogen-bond donors (Lipinski definition) is 0. The van der Waals surface area contributed by atoms with E-state index >= 15 is 0 Å². The number of rotatable bonds is 5. The van der Waals surface area contributed by atoms with Crippen LogP contribution in [0.1, 0.15) is 5.56 Å². The second-order valence-corrected chi connectivity index (χ2v) is 9.08. The van der Waals surface area contributed by atoms with Gasteiger partial charge in [-0.3, -0.25) is 0 Å². The van der Waals surface area contributed by atoms with Crippen molar-refractivity contribution in [3.63, 3.8) is 0 Å². The van der Waals surface area contributed by atoms with Crippen molar-refractivity contribution in [1.29, 1.82) is 0 Å². The van der Waals surface area contributed by atoms with Crippen LogP contribution in [0.3, 0.4) is 0 Å². The molecule has 1 nitrogen and oxygen atoms in total. The van der Waals surface area contributed by atoms with Gasteiger partial charge < -0.3 is 4.74 Å². The molecule has 2 heteroatoms. The summed E-state index contributed by atoms with van der Waals surface area (Å²) in [6.45, 7) is 9.42. The van der Waals surface area contributed by atoms with Crippen LogP contribution in [0.4, 0.5) is 0 Å². The van der Waals surface area contributed by atoms with E-state index in [9.17, 15) is 0 Å². The maximum Gasteiger partial charge on any atom is 0.136 e. The van der Waals surface area contributed by atoms with E-state index in [1.54, 1.807) is 0 Å². The smallest absolute Gasteiger partial charge is 0.136 e. The first-order valence-corrected chi connectivity index (χ1v) is 9.07. The van der Waals surface area contributed by atoms with Crippen LogP contribution in [0.5, 0.6) is 0 Å². The predicted octanol–water partition coefficient (Wildman–Crippen LogP) is 3.64. The Morgan fingerprint density at radius 2 is 2.00 bits per heavy atom. The Morgan fingerprint density at radius 3 is 2.65 bits per heavy atom. The van der Waals surface area contributed by atoms with Crippen LogP contribution in [0, 0.1) is 11.5 Å². The van der Waals surface area contributed by atoms with Crippen LogP contribution in [-0.4, -0.2) is 14.7 Å². The highest BCUT2D eigenvalue weighted by molar-refractivity contribution is 6.85. The zero-order valence-electron chi connectivity index (χ0n) is 10.7. The minimum atomic E-state index is -1.39. The van der Waals surface area contributed by atoms with Crippen LogP contribution in [-0.2, 0) is 11.3 Å². The van der Waals surface area contributed by atoms with Gasteiger partial charge in [0.1, 0.15) is 14.7 Å². The van der Waals surface area contributed by atoms with Gasteiger partial charge in [0.2, 0.25) is 0 Å². The molecule has 0 saturated carbocycles. The van der Waals surface area contributed by atoms with Crippen molar-refractivity contribution in [2.45, 2.75) is 25.7 Å². The lowest BCUT2D eigenvalue weighted by Crippen LogP contribution is -2.21. The lowest BCUT2D eigenvalue weighted by atomic mass is 10.2. The van der Waals surface area contributed by atoms with E-state index in [0.29, 0.717) is 13.2 Å². The van der Waals surface area contributed by atoms with Crippen molar-refractivity contribution in [3.8, 4) is 11.5 Å². The van der Waals surface area contributed by atoms with Gasteiger partial charge in [-0.1, -0.05) is 55.4 Å². The second kappa shape index (κ2) is 7.11. The Labute approximate surface area is 106 Å². The summed E-state index contributed by atoms with van der Waals surface area (Å²) >= 11 is 0. The normalized spacial score (nSPS) is 10.5. The zero-order valence-corrected chi connectivity index (χ0v) is 11.7. The van der Waals surface area contributed by atoms with Crippen molar-refractivity contribution in [2.75, 3.05) is 6.61 Å². The van der Waals surface area contributed by atoms with Crippen LogP contribution >= 0.6 is 0 Å². The molecule has 0 radical (unpaired) electrons. The summed E-state index contributed by atoms with van der Waals surface area (Å²) in [7, 11) is -1.39. The van der Waals surface area contributed by atoms with Gasteiger partial charge >= 0.3 is 0 Å². The molecule has 0 N–H and O–H groups in total. The Balaban J connectivity index is 2.29. The van der Waals surface area contributed by atoms with Crippen LogP contribution in [0.25, 0.3) is 0 Å². The molecular weight excluding hydrogens is 224 g/mol. The molecular formula is C15H20OSi. The number of hydrogen-bond acceptors (Lipinski definition) is 1. The predicted molar refractivity (Wildman–Crippen MR) is 76.4 cm³/mol. The minimum Gasteiger partial charge on any atom is -0.364 e. The summed E-state index contributed by atoms with van der Waals surface area (Å²) in [5, 5.41) is 0. The molecule has 0 bridgehead atoms. The fourth-order valence-electron chi connectivity index (χ4n) is 1.48. The monoisotopic (exact) mass is 244 g/mol. The molecule has 0 aromatic heterocycles. The average Bonchev–Trinajstić information content (AvgIpc) is 2.30. The summed E-state index contributed by atoms with van der Waals surface area (Å²) in [6.07, 6.45) is 1.96. The molecule has 0 atom stereocenters. The minimum absolute atomic E-state index is 0.516. The topological polar surface area (TPSA) is 9.23 Å². The molecule has 0 spiro atoms. The van der Waals surface area contributed by atoms with E-state index in [2.05, 4.69) is 43.3 Å². The van der Waals surface area contributed by atoms with Gasteiger partial charge in [-0.2, -0.15) is 0 Å². The van der Waals surface area contributed by atoms with Crippen molar-refractivity contribution in [2.24, 2.45) is 0 Å². The molecule has 0 aliphatic rings. The van der Waals surface area contributed by atoms with Gasteiger partial charge in [-0.25, -0.2) is 0 Å². The van der Waals surface area contributed by atoms with Crippen LogP contribution in [0.2, 0.25) is 19.1 Å². The largest absolute Gasteiger partial charge is 0.364 e. The first-order valence-electron chi connectivity index (χ1n) is 5.87. The molecule has 0 aliphatic carbocycles. The van der Waals surface area contributed by atoms with Gasteiger partial charge in [0, 0.05) is 0 Å². The fraction of sp³-hybridized carbons (Fsp3) is 0.333. The second-order valence-electron chi connectivity index (χ2n) is 4.66. The lowest BCUT2D eigenvalue weighted by molar-refractivity contribution is 0.153.